The number of benzene rings is 1. The van der Waals surface area contributed by atoms with Crippen molar-refractivity contribution >= 4 is 11.8 Å². The van der Waals surface area contributed by atoms with Crippen LogP contribution in [-0.4, -0.2) is 32.0 Å². The van der Waals surface area contributed by atoms with Gasteiger partial charge in [0.15, 0.2) is 0 Å². The molecule has 22 heavy (non-hydrogen) atoms. The molecule has 0 spiro atoms. The molecular formula is C17H24N2O3. The van der Waals surface area contributed by atoms with E-state index in [0.717, 1.165) is 18.6 Å². The molecule has 0 radical (unpaired) electrons. The van der Waals surface area contributed by atoms with Gasteiger partial charge in [-0.25, -0.2) is 0 Å². The number of carbonyl (C=O) groups is 2. The van der Waals surface area contributed by atoms with Crippen LogP contribution in [0.4, 0.5) is 0 Å². The van der Waals surface area contributed by atoms with Crippen molar-refractivity contribution in [1.82, 2.24) is 10.6 Å². The van der Waals surface area contributed by atoms with Gasteiger partial charge in [-0.2, -0.15) is 0 Å². The SMILES string of the molecule is CC=C(C)C(=O)NCCCCNC(=O)c1ccc(OC)cc1. The predicted octanol–water partition coefficient (Wildman–Crippen LogP) is 2.29. The lowest BCUT2D eigenvalue weighted by molar-refractivity contribution is -0.117. The average Bonchev–Trinajstić information content (AvgIpc) is 2.56. The highest BCUT2D eigenvalue weighted by molar-refractivity contribution is 5.94. The molecule has 0 saturated carbocycles. The van der Waals surface area contributed by atoms with Crippen LogP contribution in [0.5, 0.6) is 5.75 Å². The maximum atomic E-state index is 11.9. The lowest BCUT2D eigenvalue weighted by atomic mass is 10.2. The highest BCUT2D eigenvalue weighted by Gasteiger charge is 2.05. The quantitative estimate of drug-likeness (QED) is 0.572. The number of unbranched alkanes of at least 4 members (excludes halogenated alkanes) is 1. The van der Waals surface area contributed by atoms with Gasteiger partial charge in [-0.15, -0.1) is 0 Å². The van der Waals surface area contributed by atoms with Gasteiger partial charge in [0, 0.05) is 24.2 Å². The van der Waals surface area contributed by atoms with Gasteiger partial charge in [-0.3, -0.25) is 9.59 Å². The smallest absolute Gasteiger partial charge is 0.251 e. The molecule has 0 saturated heterocycles. The Morgan fingerprint density at radius 1 is 1.09 bits per heavy atom. The molecule has 0 atom stereocenters. The third kappa shape index (κ3) is 5.99. The highest BCUT2D eigenvalue weighted by Crippen LogP contribution is 2.10. The zero-order valence-electron chi connectivity index (χ0n) is 13.4. The number of amides is 2. The van der Waals surface area contributed by atoms with E-state index in [1.807, 2.05) is 6.92 Å². The third-order valence-electron chi connectivity index (χ3n) is 3.32. The minimum absolute atomic E-state index is 0.0373. The predicted molar refractivity (Wildman–Crippen MR) is 87.0 cm³/mol. The summed E-state index contributed by atoms with van der Waals surface area (Å²) in [7, 11) is 1.59. The molecule has 2 N–H and O–H groups in total. The zero-order chi connectivity index (χ0) is 16.4. The Kier molecular flexibility index (Phi) is 7.75. The summed E-state index contributed by atoms with van der Waals surface area (Å²) < 4.78 is 5.05. The molecule has 1 rings (SSSR count). The maximum Gasteiger partial charge on any atom is 0.251 e. The van der Waals surface area contributed by atoms with Gasteiger partial charge in [-0.1, -0.05) is 6.08 Å². The van der Waals surface area contributed by atoms with E-state index >= 15 is 0 Å². The summed E-state index contributed by atoms with van der Waals surface area (Å²) in [5, 5.41) is 5.69. The third-order valence-corrected chi connectivity index (χ3v) is 3.32. The van der Waals surface area contributed by atoms with Crippen LogP contribution < -0.4 is 15.4 Å². The number of allylic oxidation sites excluding steroid dienone is 1. The fourth-order valence-electron chi connectivity index (χ4n) is 1.77. The molecule has 1 aromatic rings. The first-order chi connectivity index (χ1) is 10.6. The molecule has 5 heteroatoms. The summed E-state index contributed by atoms with van der Waals surface area (Å²) in [5.74, 6) is 0.588. The minimum Gasteiger partial charge on any atom is -0.497 e. The molecular weight excluding hydrogens is 280 g/mol. The number of hydrogen-bond acceptors (Lipinski definition) is 3. The lowest BCUT2D eigenvalue weighted by Crippen LogP contribution is -2.27. The van der Waals surface area contributed by atoms with Gasteiger partial charge >= 0.3 is 0 Å². The van der Waals surface area contributed by atoms with Crippen LogP contribution in [0.1, 0.15) is 37.0 Å². The van der Waals surface area contributed by atoms with Gasteiger partial charge in [0.2, 0.25) is 5.91 Å². The van der Waals surface area contributed by atoms with Crippen LogP contribution in [0.15, 0.2) is 35.9 Å². The van der Waals surface area contributed by atoms with E-state index in [-0.39, 0.29) is 11.8 Å². The monoisotopic (exact) mass is 304 g/mol. The van der Waals surface area contributed by atoms with Crippen molar-refractivity contribution in [3.05, 3.63) is 41.5 Å². The second kappa shape index (κ2) is 9.60. The normalized spacial score (nSPS) is 11.0. The summed E-state index contributed by atoms with van der Waals surface area (Å²) in [6.07, 6.45) is 3.42. The summed E-state index contributed by atoms with van der Waals surface area (Å²) >= 11 is 0. The minimum atomic E-state index is -0.101. The molecule has 2 amide bonds. The highest BCUT2D eigenvalue weighted by atomic mass is 16.5. The maximum absolute atomic E-state index is 11.9. The van der Waals surface area contributed by atoms with Crippen LogP contribution in [-0.2, 0) is 4.79 Å². The summed E-state index contributed by atoms with van der Waals surface area (Å²) in [6.45, 7) is 4.82. The zero-order valence-corrected chi connectivity index (χ0v) is 13.4. The van der Waals surface area contributed by atoms with Crippen molar-refractivity contribution in [3.8, 4) is 5.75 Å². The topological polar surface area (TPSA) is 67.4 Å². The molecule has 120 valence electrons. The molecule has 0 aromatic heterocycles. The molecule has 0 aliphatic rings. The van der Waals surface area contributed by atoms with Gasteiger partial charge in [0.25, 0.3) is 5.91 Å². The number of rotatable bonds is 8. The number of methoxy groups -OCH3 is 1. The van der Waals surface area contributed by atoms with Crippen molar-refractivity contribution in [1.29, 1.82) is 0 Å². The van der Waals surface area contributed by atoms with Crippen LogP contribution >= 0.6 is 0 Å². The van der Waals surface area contributed by atoms with E-state index in [2.05, 4.69) is 10.6 Å². The van der Waals surface area contributed by atoms with Crippen molar-refractivity contribution in [2.24, 2.45) is 0 Å². The lowest BCUT2D eigenvalue weighted by Gasteiger charge is -2.07. The Labute approximate surface area is 131 Å². The molecule has 0 bridgehead atoms. The molecule has 5 nitrogen and oxygen atoms in total. The molecule has 0 aliphatic carbocycles. The first-order valence-electron chi connectivity index (χ1n) is 7.42. The molecule has 0 fully saturated rings. The van der Waals surface area contributed by atoms with E-state index in [9.17, 15) is 9.59 Å². The average molecular weight is 304 g/mol. The Bertz CT molecular complexity index is 521. The van der Waals surface area contributed by atoms with E-state index in [1.54, 1.807) is 44.4 Å². The van der Waals surface area contributed by atoms with Crippen LogP contribution in [0, 0.1) is 0 Å². The van der Waals surface area contributed by atoms with Crippen molar-refractivity contribution in [3.63, 3.8) is 0 Å². The largest absolute Gasteiger partial charge is 0.497 e. The fraction of sp³-hybridized carbons (Fsp3) is 0.412. The number of hydrogen-bond donors (Lipinski definition) is 2. The van der Waals surface area contributed by atoms with Crippen LogP contribution in [0.2, 0.25) is 0 Å². The van der Waals surface area contributed by atoms with Gasteiger partial charge in [0.05, 0.1) is 7.11 Å². The van der Waals surface area contributed by atoms with Crippen LogP contribution in [0.3, 0.4) is 0 Å². The Morgan fingerprint density at radius 3 is 2.23 bits per heavy atom. The second-order valence-electron chi connectivity index (χ2n) is 4.92. The van der Waals surface area contributed by atoms with E-state index < -0.39 is 0 Å². The second-order valence-corrected chi connectivity index (χ2v) is 4.92. The Morgan fingerprint density at radius 2 is 1.68 bits per heavy atom. The van der Waals surface area contributed by atoms with Crippen molar-refractivity contribution < 1.29 is 14.3 Å². The van der Waals surface area contributed by atoms with Crippen molar-refractivity contribution in [2.45, 2.75) is 26.7 Å². The fourth-order valence-corrected chi connectivity index (χ4v) is 1.77. The number of ether oxygens (including phenoxy) is 1. The Hall–Kier alpha value is -2.30. The molecule has 0 unspecified atom stereocenters. The van der Waals surface area contributed by atoms with Gasteiger partial charge in [0.1, 0.15) is 5.75 Å². The van der Waals surface area contributed by atoms with Gasteiger partial charge in [-0.05, 0) is 51.0 Å². The Balaban J connectivity index is 2.18. The van der Waals surface area contributed by atoms with Crippen LogP contribution in [0.25, 0.3) is 0 Å². The van der Waals surface area contributed by atoms with Crippen molar-refractivity contribution in [2.75, 3.05) is 20.2 Å². The molecule has 0 heterocycles. The van der Waals surface area contributed by atoms with E-state index in [1.165, 1.54) is 0 Å². The standard InChI is InChI=1S/C17H24N2O3/c1-4-13(2)16(20)18-11-5-6-12-19-17(21)14-7-9-15(22-3)10-8-14/h4,7-10H,5-6,11-12H2,1-3H3,(H,18,20)(H,19,21). The van der Waals surface area contributed by atoms with E-state index in [4.69, 9.17) is 4.74 Å². The summed E-state index contributed by atoms with van der Waals surface area (Å²) in [4.78, 5) is 23.4. The van der Waals surface area contributed by atoms with Gasteiger partial charge < -0.3 is 15.4 Å². The molecule has 0 aliphatic heterocycles. The molecule has 1 aromatic carbocycles. The summed E-state index contributed by atoms with van der Waals surface area (Å²) in [6, 6.07) is 6.98. The summed E-state index contributed by atoms with van der Waals surface area (Å²) in [5.41, 5.74) is 1.32. The van der Waals surface area contributed by atoms with E-state index in [0.29, 0.717) is 24.2 Å². The first-order valence-corrected chi connectivity index (χ1v) is 7.42. The number of carbonyl (C=O) groups excluding carboxylic acids is 2. The first kappa shape index (κ1) is 17.8. The number of nitrogens with one attached hydrogen (secondary N) is 2.